The van der Waals surface area contributed by atoms with Gasteiger partial charge in [0.2, 0.25) is 15.9 Å². The van der Waals surface area contributed by atoms with Crippen LogP contribution in [0, 0.1) is 5.92 Å². The molecule has 3 atom stereocenters. The number of hydrogen-bond donors (Lipinski definition) is 1. The number of nitrogens with one attached hydrogen (secondary N) is 1. The van der Waals surface area contributed by atoms with Crippen molar-refractivity contribution in [1.82, 2.24) is 4.31 Å². The molecule has 0 radical (unpaired) electrons. The van der Waals surface area contributed by atoms with E-state index >= 15 is 0 Å². The van der Waals surface area contributed by atoms with E-state index in [0.717, 1.165) is 30.6 Å². The zero-order chi connectivity index (χ0) is 21.3. The second-order valence-corrected chi connectivity index (χ2v) is 10.1. The van der Waals surface area contributed by atoms with Crippen LogP contribution in [0.25, 0.3) is 0 Å². The molecule has 1 fully saturated rings. The molecule has 2 aliphatic heterocycles. The molecule has 0 unspecified atom stereocenters. The third-order valence-corrected chi connectivity index (χ3v) is 8.20. The van der Waals surface area contributed by atoms with Crippen molar-refractivity contribution < 1.29 is 17.9 Å². The Morgan fingerprint density at radius 1 is 1.03 bits per heavy atom. The molecule has 6 nitrogen and oxygen atoms in total. The van der Waals surface area contributed by atoms with E-state index in [0.29, 0.717) is 18.7 Å². The summed E-state index contributed by atoms with van der Waals surface area (Å²) in [5.74, 6) is 0.425. The molecule has 0 aliphatic carbocycles. The fraction of sp³-hybridized carbons (Fsp3) is 0.435. The lowest BCUT2D eigenvalue weighted by atomic mass is 9.96. The van der Waals surface area contributed by atoms with Crippen LogP contribution < -0.4 is 10.1 Å². The predicted molar refractivity (Wildman–Crippen MR) is 116 cm³/mol. The van der Waals surface area contributed by atoms with Crippen molar-refractivity contribution in [2.45, 2.75) is 56.5 Å². The highest BCUT2D eigenvalue weighted by atomic mass is 32.2. The first-order valence-electron chi connectivity index (χ1n) is 10.5. The lowest BCUT2D eigenvalue weighted by molar-refractivity contribution is -0.121. The highest BCUT2D eigenvalue weighted by Gasteiger charge is 2.35. The average molecular weight is 429 g/mol. The Morgan fingerprint density at radius 3 is 2.40 bits per heavy atom. The molecular formula is C23H28N2O4S. The van der Waals surface area contributed by atoms with Gasteiger partial charge in [0.05, 0.1) is 10.8 Å². The topological polar surface area (TPSA) is 75.7 Å². The quantitative estimate of drug-likeness (QED) is 0.803. The predicted octanol–water partition coefficient (Wildman–Crippen LogP) is 3.83. The monoisotopic (exact) mass is 428 g/mol. The number of carbonyl (C=O) groups is 1. The summed E-state index contributed by atoms with van der Waals surface area (Å²) in [6.07, 6.45) is 3.43. The number of sulfonamides is 1. The largest absolute Gasteiger partial charge is 0.492 e. The molecule has 0 spiro atoms. The molecule has 4 rings (SSSR count). The first-order chi connectivity index (χ1) is 14.4. The molecule has 0 bridgehead atoms. The minimum absolute atomic E-state index is 0.00712. The summed E-state index contributed by atoms with van der Waals surface area (Å²) >= 11 is 0. The maximum Gasteiger partial charge on any atom is 0.243 e. The standard InChI is InChI=1S/C23H28N2O4S/c1-16-6-5-7-17(2)25(16)30(27,28)21-12-10-20(11-13-21)24-23(26)19-14-18-8-3-4-9-22(18)29-15-19/h3-4,8-13,16-17,19H,5-7,14-15H2,1-2H3,(H,24,26)/t16-,17+,19-/m1/s1. The molecule has 0 saturated carbocycles. The number of carbonyl (C=O) groups excluding carboxylic acids is 1. The summed E-state index contributed by atoms with van der Waals surface area (Å²) in [5, 5.41) is 2.89. The summed E-state index contributed by atoms with van der Waals surface area (Å²) in [5.41, 5.74) is 1.60. The van der Waals surface area contributed by atoms with Crippen molar-refractivity contribution in [3.8, 4) is 5.75 Å². The molecular weight excluding hydrogens is 400 g/mol. The summed E-state index contributed by atoms with van der Waals surface area (Å²) in [6.45, 7) is 4.26. The first-order valence-corrected chi connectivity index (χ1v) is 12.0. The lowest BCUT2D eigenvalue weighted by Crippen LogP contribution is -2.47. The SMILES string of the molecule is C[C@@H]1CCC[C@H](C)N1S(=O)(=O)c1ccc(NC(=O)[C@H]2COc3ccccc3C2)cc1. The Balaban J connectivity index is 1.44. The molecule has 2 aliphatic rings. The number of piperidine rings is 1. The number of amides is 1. The van der Waals surface area contributed by atoms with Gasteiger partial charge in [0, 0.05) is 17.8 Å². The Labute approximate surface area is 178 Å². The van der Waals surface area contributed by atoms with Gasteiger partial charge in [-0.15, -0.1) is 0 Å². The van der Waals surface area contributed by atoms with Gasteiger partial charge in [-0.25, -0.2) is 8.42 Å². The van der Waals surface area contributed by atoms with Gasteiger partial charge in [-0.05, 0) is 69.0 Å². The van der Waals surface area contributed by atoms with E-state index in [9.17, 15) is 13.2 Å². The van der Waals surface area contributed by atoms with Gasteiger partial charge >= 0.3 is 0 Å². The number of rotatable bonds is 4. The summed E-state index contributed by atoms with van der Waals surface area (Å²) in [6, 6.07) is 14.2. The van der Waals surface area contributed by atoms with Crippen molar-refractivity contribution in [1.29, 1.82) is 0 Å². The van der Waals surface area contributed by atoms with E-state index in [1.807, 2.05) is 38.1 Å². The van der Waals surface area contributed by atoms with Crippen LogP contribution in [0.1, 0.15) is 38.7 Å². The van der Waals surface area contributed by atoms with Gasteiger partial charge < -0.3 is 10.1 Å². The van der Waals surface area contributed by atoms with Crippen molar-refractivity contribution in [2.75, 3.05) is 11.9 Å². The number of nitrogens with zero attached hydrogens (tertiary/aromatic N) is 1. The third kappa shape index (κ3) is 4.09. The minimum Gasteiger partial charge on any atom is -0.492 e. The number of ether oxygens (including phenoxy) is 1. The van der Waals surface area contributed by atoms with Crippen molar-refractivity contribution in [3.05, 3.63) is 54.1 Å². The Hall–Kier alpha value is -2.38. The molecule has 1 saturated heterocycles. The van der Waals surface area contributed by atoms with Gasteiger partial charge in [0.15, 0.2) is 0 Å². The average Bonchev–Trinajstić information content (AvgIpc) is 2.73. The van der Waals surface area contributed by atoms with Gasteiger partial charge in [0.1, 0.15) is 12.4 Å². The second kappa shape index (κ2) is 8.40. The Bertz CT molecular complexity index is 1010. The van der Waals surface area contributed by atoms with Crippen molar-refractivity contribution >= 4 is 21.6 Å². The first kappa shape index (κ1) is 20.9. The summed E-state index contributed by atoms with van der Waals surface area (Å²) < 4.78 is 33.6. The molecule has 160 valence electrons. The third-order valence-electron chi connectivity index (χ3n) is 6.06. The normalized spacial score (nSPS) is 24.5. The van der Waals surface area contributed by atoms with Gasteiger partial charge in [-0.3, -0.25) is 4.79 Å². The van der Waals surface area contributed by atoms with E-state index in [-0.39, 0.29) is 28.8 Å². The maximum absolute atomic E-state index is 13.1. The van der Waals surface area contributed by atoms with Crippen molar-refractivity contribution in [2.24, 2.45) is 5.92 Å². The van der Waals surface area contributed by atoms with Crippen molar-refractivity contribution in [3.63, 3.8) is 0 Å². The highest BCUT2D eigenvalue weighted by molar-refractivity contribution is 7.89. The fourth-order valence-corrected chi connectivity index (χ4v) is 6.33. The summed E-state index contributed by atoms with van der Waals surface area (Å²) in [4.78, 5) is 12.9. The van der Waals surface area contributed by atoms with Crippen LogP contribution in [0.15, 0.2) is 53.4 Å². The van der Waals surface area contributed by atoms with E-state index in [4.69, 9.17) is 4.74 Å². The van der Waals surface area contributed by atoms with Gasteiger partial charge in [0.25, 0.3) is 0 Å². The van der Waals surface area contributed by atoms with Crippen LogP contribution in [0.3, 0.4) is 0 Å². The molecule has 2 heterocycles. The van der Waals surface area contributed by atoms with Crippen LogP contribution >= 0.6 is 0 Å². The molecule has 0 aromatic heterocycles. The molecule has 1 N–H and O–H groups in total. The van der Waals surface area contributed by atoms with E-state index in [1.165, 1.54) is 0 Å². The van der Waals surface area contributed by atoms with E-state index < -0.39 is 10.0 Å². The van der Waals surface area contributed by atoms with Crippen LogP contribution in [0.5, 0.6) is 5.75 Å². The molecule has 7 heteroatoms. The van der Waals surface area contributed by atoms with Crippen LogP contribution in [0.4, 0.5) is 5.69 Å². The van der Waals surface area contributed by atoms with Gasteiger partial charge in [-0.1, -0.05) is 24.6 Å². The number of fused-ring (bicyclic) bond motifs is 1. The van der Waals surface area contributed by atoms with Gasteiger partial charge in [-0.2, -0.15) is 4.31 Å². The number of benzene rings is 2. The molecule has 1 amide bonds. The zero-order valence-electron chi connectivity index (χ0n) is 17.4. The Kier molecular flexibility index (Phi) is 5.84. The van der Waals surface area contributed by atoms with E-state index in [1.54, 1.807) is 28.6 Å². The number of hydrogen-bond acceptors (Lipinski definition) is 4. The van der Waals surface area contributed by atoms with E-state index in [2.05, 4.69) is 5.32 Å². The summed E-state index contributed by atoms with van der Waals surface area (Å²) in [7, 11) is -3.56. The van der Waals surface area contributed by atoms with Crippen LogP contribution in [-0.2, 0) is 21.2 Å². The smallest absolute Gasteiger partial charge is 0.243 e. The minimum atomic E-state index is -3.56. The Morgan fingerprint density at radius 2 is 1.70 bits per heavy atom. The van der Waals surface area contributed by atoms with Crippen LogP contribution in [0.2, 0.25) is 0 Å². The zero-order valence-corrected chi connectivity index (χ0v) is 18.2. The van der Waals surface area contributed by atoms with Crippen LogP contribution in [-0.4, -0.2) is 37.3 Å². The maximum atomic E-state index is 13.1. The molecule has 2 aromatic carbocycles. The lowest BCUT2D eigenvalue weighted by Gasteiger charge is -2.37. The number of para-hydroxylation sites is 1. The highest BCUT2D eigenvalue weighted by Crippen LogP contribution is 2.30. The molecule has 30 heavy (non-hydrogen) atoms. The molecule has 2 aromatic rings. The fourth-order valence-electron chi connectivity index (χ4n) is 4.44. The second-order valence-electron chi connectivity index (χ2n) is 8.30. The number of anilines is 1.